The number of anilines is 1. The van der Waals surface area contributed by atoms with Crippen LogP contribution in [0.25, 0.3) is 5.69 Å². The molecule has 0 spiro atoms. The maximum Gasteiger partial charge on any atom is 0.254 e. The lowest BCUT2D eigenvalue weighted by atomic mass is 10.2. The molecule has 3 rings (SSSR count). The number of carbonyl (C=O) groups is 2. The molecule has 7 nitrogen and oxygen atoms in total. The highest BCUT2D eigenvalue weighted by Crippen LogP contribution is 2.15. The molecule has 1 aromatic heterocycles. The Hall–Kier alpha value is -3.61. The molecular formula is C21H22N4O3. The summed E-state index contributed by atoms with van der Waals surface area (Å²) < 4.78 is 6.88. The van der Waals surface area contributed by atoms with Gasteiger partial charge >= 0.3 is 0 Å². The Labute approximate surface area is 163 Å². The van der Waals surface area contributed by atoms with E-state index in [0.717, 1.165) is 11.4 Å². The van der Waals surface area contributed by atoms with E-state index >= 15 is 0 Å². The zero-order valence-electron chi connectivity index (χ0n) is 16.0. The lowest BCUT2D eigenvalue weighted by Gasteiger charge is -2.17. The van der Waals surface area contributed by atoms with E-state index in [0.29, 0.717) is 17.0 Å². The molecule has 144 valence electrons. The summed E-state index contributed by atoms with van der Waals surface area (Å²) in [4.78, 5) is 26.2. The van der Waals surface area contributed by atoms with E-state index in [4.69, 9.17) is 4.74 Å². The summed E-state index contributed by atoms with van der Waals surface area (Å²) in [6.07, 6.45) is 1.73. The lowest BCUT2D eigenvalue weighted by Crippen LogP contribution is -2.34. The van der Waals surface area contributed by atoms with Crippen molar-refractivity contribution in [2.24, 2.45) is 0 Å². The molecule has 2 aromatic carbocycles. The summed E-state index contributed by atoms with van der Waals surface area (Å²) in [5.41, 5.74) is 3.03. The highest BCUT2D eigenvalue weighted by Gasteiger charge is 2.15. The van der Waals surface area contributed by atoms with Gasteiger partial charge in [0.05, 0.1) is 19.3 Å². The number of carbonyl (C=O) groups excluding carboxylic acids is 2. The maximum absolute atomic E-state index is 12.6. The lowest BCUT2D eigenvalue weighted by molar-refractivity contribution is -0.116. The first-order valence-corrected chi connectivity index (χ1v) is 8.78. The van der Waals surface area contributed by atoms with Gasteiger partial charge in [-0.15, -0.1) is 0 Å². The van der Waals surface area contributed by atoms with Crippen LogP contribution in [-0.2, 0) is 4.79 Å². The van der Waals surface area contributed by atoms with E-state index in [2.05, 4.69) is 10.4 Å². The Kier molecular flexibility index (Phi) is 5.74. The molecule has 28 heavy (non-hydrogen) atoms. The number of aromatic nitrogens is 2. The number of amides is 2. The number of nitrogens with one attached hydrogen (secondary N) is 1. The fourth-order valence-electron chi connectivity index (χ4n) is 2.77. The monoisotopic (exact) mass is 378 g/mol. The van der Waals surface area contributed by atoms with Gasteiger partial charge in [0.15, 0.2) is 0 Å². The predicted molar refractivity (Wildman–Crippen MR) is 107 cm³/mol. The molecule has 0 bridgehead atoms. The first-order valence-electron chi connectivity index (χ1n) is 8.78. The molecule has 0 saturated carbocycles. The molecule has 0 aliphatic carbocycles. The molecule has 0 saturated heterocycles. The standard InChI is InChI=1S/C21H22N4O3/c1-15-12-13-22-25(15)18-8-4-16(5-9-18)21(27)24(2)14-20(26)23-17-6-10-19(28-3)11-7-17/h4-13H,14H2,1-3H3,(H,23,26). The van der Waals surface area contributed by atoms with Crippen LogP contribution < -0.4 is 10.1 Å². The van der Waals surface area contributed by atoms with Gasteiger partial charge in [0.25, 0.3) is 5.91 Å². The van der Waals surface area contributed by atoms with Crippen LogP contribution in [0.2, 0.25) is 0 Å². The van der Waals surface area contributed by atoms with Crippen LogP contribution in [0.3, 0.4) is 0 Å². The highest BCUT2D eigenvalue weighted by molar-refractivity contribution is 5.99. The van der Waals surface area contributed by atoms with Crippen LogP contribution >= 0.6 is 0 Å². The van der Waals surface area contributed by atoms with E-state index in [1.165, 1.54) is 4.90 Å². The number of hydrogen-bond donors (Lipinski definition) is 1. The first kappa shape index (κ1) is 19.2. The van der Waals surface area contributed by atoms with Gasteiger partial charge in [-0.2, -0.15) is 5.10 Å². The zero-order valence-corrected chi connectivity index (χ0v) is 16.0. The second-order valence-corrected chi connectivity index (χ2v) is 6.37. The highest BCUT2D eigenvalue weighted by atomic mass is 16.5. The summed E-state index contributed by atoms with van der Waals surface area (Å²) in [5, 5.41) is 7.01. The van der Waals surface area contributed by atoms with Gasteiger partial charge in [-0.05, 0) is 61.5 Å². The van der Waals surface area contributed by atoms with Crippen LogP contribution in [-0.4, -0.2) is 47.2 Å². The third kappa shape index (κ3) is 4.37. The van der Waals surface area contributed by atoms with Gasteiger partial charge in [0.1, 0.15) is 5.75 Å². The third-order valence-corrected chi connectivity index (χ3v) is 4.29. The number of likely N-dealkylation sites (N-methyl/N-ethyl adjacent to an activating group) is 1. The Balaban J connectivity index is 1.60. The summed E-state index contributed by atoms with van der Waals surface area (Å²) >= 11 is 0. The Bertz CT molecular complexity index is 962. The summed E-state index contributed by atoms with van der Waals surface area (Å²) in [5.74, 6) is 0.206. The Morgan fingerprint density at radius 1 is 1.07 bits per heavy atom. The molecule has 0 fully saturated rings. The topological polar surface area (TPSA) is 76.5 Å². The van der Waals surface area contributed by atoms with Gasteiger partial charge in [-0.1, -0.05) is 0 Å². The quantitative estimate of drug-likeness (QED) is 0.716. The molecule has 0 aliphatic rings. The largest absolute Gasteiger partial charge is 0.497 e. The van der Waals surface area contributed by atoms with Crippen molar-refractivity contribution in [3.8, 4) is 11.4 Å². The fourth-order valence-corrected chi connectivity index (χ4v) is 2.77. The summed E-state index contributed by atoms with van der Waals surface area (Å²) in [7, 11) is 3.18. The van der Waals surface area contributed by atoms with Crippen molar-refractivity contribution in [2.75, 3.05) is 26.0 Å². The Morgan fingerprint density at radius 3 is 2.32 bits per heavy atom. The van der Waals surface area contributed by atoms with Crippen LogP contribution in [0.1, 0.15) is 16.1 Å². The number of nitrogens with zero attached hydrogens (tertiary/aromatic N) is 3. The number of methoxy groups -OCH3 is 1. The molecule has 0 aliphatic heterocycles. The second-order valence-electron chi connectivity index (χ2n) is 6.37. The first-order chi connectivity index (χ1) is 13.5. The molecule has 7 heteroatoms. The van der Waals surface area contributed by atoms with Gasteiger partial charge < -0.3 is 15.0 Å². The van der Waals surface area contributed by atoms with Crippen molar-refractivity contribution in [1.29, 1.82) is 0 Å². The van der Waals surface area contributed by atoms with Crippen molar-refractivity contribution >= 4 is 17.5 Å². The van der Waals surface area contributed by atoms with Crippen molar-refractivity contribution in [2.45, 2.75) is 6.92 Å². The normalized spacial score (nSPS) is 10.4. The Morgan fingerprint density at radius 2 is 1.75 bits per heavy atom. The molecule has 2 amide bonds. The van der Waals surface area contributed by atoms with Crippen LogP contribution in [0.15, 0.2) is 60.8 Å². The zero-order chi connectivity index (χ0) is 20.1. The molecular weight excluding hydrogens is 356 g/mol. The minimum atomic E-state index is -0.273. The molecule has 3 aromatic rings. The van der Waals surface area contributed by atoms with Crippen molar-refractivity contribution in [3.63, 3.8) is 0 Å². The maximum atomic E-state index is 12.6. The van der Waals surface area contributed by atoms with Crippen LogP contribution in [0.4, 0.5) is 5.69 Å². The molecule has 1 heterocycles. The smallest absolute Gasteiger partial charge is 0.254 e. The molecule has 0 unspecified atom stereocenters. The van der Waals surface area contributed by atoms with Crippen molar-refractivity contribution in [3.05, 3.63) is 72.1 Å². The number of aryl methyl sites for hydroxylation is 1. The molecule has 0 radical (unpaired) electrons. The van der Waals surface area contributed by atoms with Gasteiger partial charge in [0.2, 0.25) is 5.91 Å². The number of ether oxygens (including phenoxy) is 1. The number of hydrogen-bond acceptors (Lipinski definition) is 4. The number of benzene rings is 2. The summed E-state index contributed by atoms with van der Waals surface area (Å²) in [6, 6.07) is 16.0. The number of rotatable bonds is 6. The molecule has 0 atom stereocenters. The minimum absolute atomic E-state index is 0.0507. The predicted octanol–water partition coefficient (Wildman–Crippen LogP) is 2.90. The van der Waals surface area contributed by atoms with Crippen LogP contribution in [0.5, 0.6) is 5.75 Å². The second kappa shape index (κ2) is 8.39. The van der Waals surface area contributed by atoms with E-state index in [1.54, 1.807) is 61.4 Å². The van der Waals surface area contributed by atoms with Gasteiger partial charge in [-0.25, -0.2) is 4.68 Å². The SMILES string of the molecule is COc1ccc(NC(=O)CN(C)C(=O)c2ccc(-n3nccc3C)cc2)cc1. The van der Waals surface area contributed by atoms with Crippen LogP contribution in [0, 0.1) is 6.92 Å². The van der Waals surface area contributed by atoms with E-state index in [-0.39, 0.29) is 18.4 Å². The van der Waals surface area contributed by atoms with Gasteiger partial charge in [-0.3, -0.25) is 9.59 Å². The van der Waals surface area contributed by atoms with Gasteiger partial charge in [0, 0.05) is 30.2 Å². The van der Waals surface area contributed by atoms with Crippen molar-refractivity contribution in [1.82, 2.24) is 14.7 Å². The fraction of sp³-hybridized carbons (Fsp3) is 0.190. The van der Waals surface area contributed by atoms with E-state index in [1.807, 2.05) is 25.1 Å². The third-order valence-electron chi connectivity index (χ3n) is 4.29. The van der Waals surface area contributed by atoms with E-state index in [9.17, 15) is 9.59 Å². The molecule has 1 N–H and O–H groups in total. The summed E-state index contributed by atoms with van der Waals surface area (Å²) in [6.45, 7) is 1.91. The average Bonchev–Trinajstić information content (AvgIpc) is 3.14. The van der Waals surface area contributed by atoms with Crippen molar-refractivity contribution < 1.29 is 14.3 Å². The minimum Gasteiger partial charge on any atom is -0.497 e. The van der Waals surface area contributed by atoms with E-state index < -0.39 is 0 Å². The average molecular weight is 378 g/mol.